The molecule has 0 spiro atoms. The lowest BCUT2D eigenvalue weighted by Gasteiger charge is -2.32. The maximum absolute atomic E-state index is 13.0. The Morgan fingerprint density at radius 3 is 2.57 bits per heavy atom. The maximum atomic E-state index is 13.0. The van der Waals surface area contributed by atoms with Crippen molar-refractivity contribution >= 4 is 29.1 Å². The van der Waals surface area contributed by atoms with Crippen molar-refractivity contribution in [3.05, 3.63) is 22.4 Å². The summed E-state index contributed by atoms with van der Waals surface area (Å²) in [6.45, 7) is 9.57. The number of nitrogens with one attached hydrogen (secondary N) is 1. The summed E-state index contributed by atoms with van der Waals surface area (Å²) in [5.41, 5.74) is 5.50. The summed E-state index contributed by atoms with van der Waals surface area (Å²) in [5.74, 6) is -0.143. The van der Waals surface area contributed by atoms with E-state index in [2.05, 4.69) is 19.2 Å². The summed E-state index contributed by atoms with van der Waals surface area (Å²) >= 11 is 1.36. The van der Waals surface area contributed by atoms with Crippen molar-refractivity contribution in [3.63, 3.8) is 0 Å². The summed E-state index contributed by atoms with van der Waals surface area (Å²) in [6.07, 6.45) is 0.443. The highest BCUT2D eigenvalue weighted by atomic mass is 32.1. The van der Waals surface area contributed by atoms with Gasteiger partial charge in [0.1, 0.15) is 6.04 Å². The van der Waals surface area contributed by atoms with Gasteiger partial charge in [-0.25, -0.2) is 0 Å². The normalized spacial score (nSPS) is 19.3. The van der Waals surface area contributed by atoms with Crippen LogP contribution in [0.1, 0.15) is 43.8 Å². The van der Waals surface area contributed by atoms with Crippen LogP contribution in [0, 0.1) is 11.8 Å². The number of thiophene rings is 1. The predicted octanol–water partition coefficient (Wildman–Crippen LogP) is 1.55. The lowest BCUT2D eigenvalue weighted by Crippen LogP contribution is -2.47. The molecule has 1 aliphatic heterocycles. The third-order valence-electron chi connectivity index (χ3n) is 4.80. The average Bonchev–Trinajstić information content (AvgIpc) is 3.32. The van der Waals surface area contributed by atoms with Gasteiger partial charge in [-0.3, -0.25) is 14.4 Å². The largest absolute Gasteiger partial charge is 0.353 e. The van der Waals surface area contributed by atoms with E-state index in [1.54, 1.807) is 11.0 Å². The molecule has 8 heteroatoms. The molecule has 1 fully saturated rings. The first-order chi connectivity index (χ1) is 13.3. The maximum Gasteiger partial charge on any atom is 0.264 e. The van der Waals surface area contributed by atoms with Crippen molar-refractivity contribution in [2.24, 2.45) is 17.6 Å². The Labute approximate surface area is 171 Å². The number of nitrogens with zero attached hydrogens (tertiary/aromatic N) is 2. The lowest BCUT2D eigenvalue weighted by molar-refractivity contribution is -0.137. The molecule has 28 heavy (non-hydrogen) atoms. The monoisotopic (exact) mass is 408 g/mol. The number of likely N-dealkylation sites (tertiary alicyclic amines) is 1. The van der Waals surface area contributed by atoms with Crippen LogP contribution in [0.2, 0.25) is 0 Å². The van der Waals surface area contributed by atoms with Gasteiger partial charge >= 0.3 is 0 Å². The Kier molecular flexibility index (Phi) is 8.00. The van der Waals surface area contributed by atoms with E-state index in [-0.39, 0.29) is 29.7 Å². The number of rotatable bonds is 8. The lowest BCUT2D eigenvalue weighted by atomic mass is 10.0. The fourth-order valence-electron chi connectivity index (χ4n) is 3.51. The molecule has 7 nitrogen and oxygen atoms in total. The Bertz CT molecular complexity index is 675. The van der Waals surface area contributed by atoms with Crippen LogP contribution >= 0.6 is 11.3 Å². The van der Waals surface area contributed by atoms with Gasteiger partial charge in [-0.2, -0.15) is 0 Å². The molecule has 2 unspecified atom stereocenters. The van der Waals surface area contributed by atoms with E-state index < -0.39 is 6.04 Å². The van der Waals surface area contributed by atoms with Gasteiger partial charge < -0.3 is 20.9 Å². The zero-order chi connectivity index (χ0) is 20.8. The van der Waals surface area contributed by atoms with Gasteiger partial charge in [-0.05, 0) is 23.8 Å². The molecule has 1 aromatic heterocycles. The smallest absolute Gasteiger partial charge is 0.264 e. The number of hydrogen-bond acceptors (Lipinski definition) is 5. The van der Waals surface area contributed by atoms with Crippen molar-refractivity contribution in [2.45, 2.75) is 46.2 Å². The molecular weight excluding hydrogens is 376 g/mol. The molecule has 0 bridgehead atoms. The topological polar surface area (TPSA) is 95.7 Å². The van der Waals surface area contributed by atoms with E-state index in [1.807, 2.05) is 30.2 Å². The summed E-state index contributed by atoms with van der Waals surface area (Å²) < 4.78 is 0. The third kappa shape index (κ3) is 5.32. The molecule has 1 aliphatic rings. The van der Waals surface area contributed by atoms with E-state index in [1.165, 1.54) is 11.3 Å². The predicted molar refractivity (Wildman–Crippen MR) is 111 cm³/mol. The summed E-state index contributed by atoms with van der Waals surface area (Å²) in [5, 5.41) is 4.64. The van der Waals surface area contributed by atoms with Crippen LogP contribution in [-0.4, -0.2) is 65.8 Å². The standard InChI is InChI=1S/C20H32N4O3S/c1-13(2)11-23(19(26)14(3)4)15-10-16(18(25)22-8-7-21)24(12-15)20(27)17-6-5-9-28-17/h5-6,9,13-16H,7-8,10-12,21H2,1-4H3,(H,22,25). The SMILES string of the molecule is CC(C)CN(C(=O)C(C)C)C1CC(C(=O)NCCN)N(C(=O)c2cccs2)C1. The van der Waals surface area contributed by atoms with Gasteiger partial charge in [0, 0.05) is 32.1 Å². The van der Waals surface area contributed by atoms with Gasteiger partial charge in [0.15, 0.2) is 0 Å². The number of carbonyl (C=O) groups excluding carboxylic acids is 3. The minimum absolute atomic E-state index is 0.0604. The van der Waals surface area contributed by atoms with Crippen molar-refractivity contribution in [1.29, 1.82) is 0 Å². The van der Waals surface area contributed by atoms with Gasteiger partial charge in [-0.15, -0.1) is 11.3 Å². The second kappa shape index (κ2) is 10.0. The average molecular weight is 409 g/mol. The minimum Gasteiger partial charge on any atom is -0.353 e. The first kappa shape index (κ1) is 22.4. The highest BCUT2D eigenvalue weighted by Crippen LogP contribution is 2.27. The minimum atomic E-state index is -0.597. The van der Waals surface area contributed by atoms with E-state index in [0.29, 0.717) is 43.4 Å². The van der Waals surface area contributed by atoms with Gasteiger partial charge in [0.2, 0.25) is 11.8 Å². The first-order valence-corrected chi connectivity index (χ1v) is 10.8. The van der Waals surface area contributed by atoms with Crippen LogP contribution < -0.4 is 11.1 Å². The second-order valence-corrected chi connectivity index (χ2v) is 8.91. The molecule has 2 atom stereocenters. The molecule has 0 aliphatic carbocycles. The van der Waals surface area contributed by atoms with E-state index in [4.69, 9.17) is 5.73 Å². The molecule has 2 heterocycles. The highest BCUT2D eigenvalue weighted by Gasteiger charge is 2.43. The number of nitrogens with two attached hydrogens (primary N) is 1. The molecule has 2 rings (SSSR count). The number of carbonyl (C=O) groups is 3. The molecule has 0 aromatic carbocycles. The van der Waals surface area contributed by atoms with Crippen molar-refractivity contribution < 1.29 is 14.4 Å². The van der Waals surface area contributed by atoms with Crippen molar-refractivity contribution in [1.82, 2.24) is 15.1 Å². The Morgan fingerprint density at radius 1 is 1.32 bits per heavy atom. The zero-order valence-electron chi connectivity index (χ0n) is 17.2. The zero-order valence-corrected chi connectivity index (χ0v) is 18.0. The molecule has 3 N–H and O–H groups in total. The van der Waals surface area contributed by atoms with E-state index in [9.17, 15) is 14.4 Å². The van der Waals surface area contributed by atoms with Crippen molar-refractivity contribution in [3.8, 4) is 0 Å². The molecular formula is C20H32N4O3S. The fourth-order valence-corrected chi connectivity index (χ4v) is 4.19. The highest BCUT2D eigenvalue weighted by molar-refractivity contribution is 7.12. The van der Waals surface area contributed by atoms with Crippen LogP contribution in [0.3, 0.4) is 0 Å². The molecule has 1 saturated heterocycles. The van der Waals surface area contributed by atoms with Gasteiger partial charge in [-0.1, -0.05) is 33.8 Å². The molecule has 1 aromatic rings. The third-order valence-corrected chi connectivity index (χ3v) is 5.66. The quantitative estimate of drug-likeness (QED) is 0.682. The number of hydrogen-bond donors (Lipinski definition) is 2. The van der Waals surface area contributed by atoms with Crippen LogP contribution in [0.15, 0.2) is 17.5 Å². The Morgan fingerprint density at radius 2 is 2.04 bits per heavy atom. The Balaban J connectivity index is 2.28. The van der Waals surface area contributed by atoms with E-state index in [0.717, 1.165) is 0 Å². The van der Waals surface area contributed by atoms with Gasteiger partial charge in [0.05, 0.1) is 10.9 Å². The van der Waals surface area contributed by atoms with Crippen molar-refractivity contribution in [2.75, 3.05) is 26.2 Å². The molecule has 0 saturated carbocycles. The molecule has 0 radical (unpaired) electrons. The summed E-state index contributed by atoms with van der Waals surface area (Å²) in [4.78, 5) is 42.6. The first-order valence-electron chi connectivity index (χ1n) is 9.89. The van der Waals surface area contributed by atoms with Gasteiger partial charge in [0.25, 0.3) is 5.91 Å². The molecule has 156 valence electrons. The molecule has 3 amide bonds. The Hall–Kier alpha value is -1.93. The summed E-state index contributed by atoms with van der Waals surface area (Å²) in [7, 11) is 0. The van der Waals surface area contributed by atoms with Crippen LogP contribution in [0.4, 0.5) is 0 Å². The van der Waals surface area contributed by atoms with Crippen LogP contribution in [0.5, 0.6) is 0 Å². The summed E-state index contributed by atoms with van der Waals surface area (Å²) in [6, 6.07) is 2.82. The van der Waals surface area contributed by atoms with Crippen LogP contribution in [0.25, 0.3) is 0 Å². The van der Waals surface area contributed by atoms with Crippen LogP contribution in [-0.2, 0) is 9.59 Å². The second-order valence-electron chi connectivity index (χ2n) is 7.96. The fraction of sp³-hybridized carbons (Fsp3) is 0.650. The van der Waals surface area contributed by atoms with E-state index >= 15 is 0 Å². The number of amides is 3.